The third-order valence-corrected chi connectivity index (χ3v) is 6.05. The van der Waals surface area contributed by atoms with Gasteiger partial charge in [-0.1, -0.05) is 45.4 Å². The van der Waals surface area contributed by atoms with Gasteiger partial charge in [-0.3, -0.25) is 14.9 Å². The molecule has 0 bridgehead atoms. The zero-order chi connectivity index (χ0) is 18.1. The number of hydrogen-bond donors (Lipinski definition) is 2. The molecule has 0 aliphatic rings. The fourth-order valence-corrected chi connectivity index (χ4v) is 5.38. The van der Waals surface area contributed by atoms with E-state index in [1.165, 1.54) is 25.7 Å². The van der Waals surface area contributed by atoms with Gasteiger partial charge < -0.3 is 5.11 Å². The average molecular weight is 483 g/mol. The average Bonchev–Trinajstić information content (AvgIpc) is 2.80. The molecule has 0 atom stereocenters. The van der Waals surface area contributed by atoms with Crippen LogP contribution in [0.5, 0.6) is 0 Å². The molecule has 0 radical (unpaired) electrons. The quantitative estimate of drug-likeness (QED) is 0.439. The number of rotatable bonds is 10. The first-order valence-corrected chi connectivity index (χ1v) is 10.3. The summed E-state index contributed by atoms with van der Waals surface area (Å²) in [6, 6.07) is 0. The van der Waals surface area contributed by atoms with Gasteiger partial charge in [0, 0.05) is 6.42 Å². The highest BCUT2D eigenvalue weighted by Gasteiger charge is 2.27. The smallest absolute Gasteiger partial charge is 0.338 e. The molecule has 0 saturated carbocycles. The zero-order valence-corrected chi connectivity index (χ0v) is 17.5. The van der Waals surface area contributed by atoms with Crippen LogP contribution in [-0.4, -0.2) is 22.9 Å². The van der Waals surface area contributed by atoms with Gasteiger partial charge in [0.15, 0.2) is 0 Å². The van der Waals surface area contributed by atoms with E-state index in [9.17, 15) is 19.5 Å². The molecule has 0 fully saturated rings. The first-order valence-electron chi connectivity index (χ1n) is 7.93. The Balaban J connectivity index is 2.45. The Bertz CT molecular complexity index is 601. The maximum absolute atomic E-state index is 12.2. The minimum atomic E-state index is -1.21. The first kappa shape index (κ1) is 21.3. The molecular weight excluding hydrogens is 462 g/mol. The molecule has 0 unspecified atom stereocenters. The highest BCUT2D eigenvalue weighted by atomic mass is 79.9. The number of carbonyl (C=O) groups excluding carboxylic acids is 2. The van der Waals surface area contributed by atoms with Crippen LogP contribution in [0.4, 0.5) is 0 Å². The second kappa shape index (κ2) is 11.0. The number of unbranched alkanes of at least 4 members (excludes halogenated alkanes) is 6. The van der Waals surface area contributed by atoms with Gasteiger partial charge in [-0.05, 0) is 38.3 Å². The van der Waals surface area contributed by atoms with Crippen LogP contribution in [-0.2, 0) is 4.79 Å². The van der Waals surface area contributed by atoms with Crippen molar-refractivity contribution >= 4 is 61.0 Å². The largest absolute Gasteiger partial charge is 0.478 e. The van der Waals surface area contributed by atoms with Crippen molar-refractivity contribution in [1.82, 2.24) is 5.32 Å². The van der Waals surface area contributed by atoms with Crippen molar-refractivity contribution in [1.29, 1.82) is 0 Å². The van der Waals surface area contributed by atoms with Crippen LogP contribution in [0.1, 0.15) is 79.0 Å². The van der Waals surface area contributed by atoms with Crippen LogP contribution >= 0.6 is 43.2 Å². The van der Waals surface area contributed by atoms with E-state index in [1.807, 2.05) is 0 Å². The Morgan fingerprint density at radius 3 is 2.08 bits per heavy atom. The van der Waals surface area contributed by atoms with E-state index < -0.39 is 11.9 Å². The molecule has 2 amide bonds. The molecular formula is C16H21Br2NO4S. The lowest BCUT2D eigenvalue weighted by atomic mass is 10.1. The predicted molar refractivity (Wildman–Crippen MR) is 102 cm³/mol. The fourth-order valence-electron chi connectivity index (χ4n) is 2.27. The van der Waals surface area contributed by atoms with Crippen LogP contribution in [0.3, 0.4) is 0 Å². The normalized spacial score (nSPS) is 10.6. The molecule has 8 heteroatoms. The van der Waals surface area contributed by atoms with Crippen molar-refractivity contribution in [2.24, 2.45) is 0 Å². The number of imide groups is 1. The lowest BCUT2D eigenvalue weighted by Crippen LogP contribution is -2.31. The second-order valence-corrected chi connectivity index (χ2v) is 9.11. The van der Waals surface area contributed by atoms with Crippen molar-refractivity contribution in [3.05, 3.63) is 18.7 Å². The molecule has 0 spiro atoms. The highest BCUT2D eigenvalue weighted by Crippen LogP contribution is 2.37. The van der Waals surface area contributed by atoms with Gasteiger partial charge in [0.25, 0.3) is 5.91 Å². The third kappa shape index (κ3) is 6.64. The SMILES string of the molecule is CCCCCCCCCC(=O)NC(=O)c1c(Br)sc(Br)c1C(=O)O. The maximum atomic E-state index is 12.2. The highest BCUT2D eigenvalue weighted by molar-refractivity contribution is 9.12. The molecule has 2 N–H and O–H groups in total. The minimum Gasteiger partial charge on any atom is -0.478 e. The lowest BCUT2D eigenvalue weighted by Gasteiger charge is -2.05. The van der Waals surface area contributed by atoms with Gasteiger partial charge >= 0.3 is 5.97 Å². The molecule has 5 nitrogen and oxygen atoms in total. The summed E-state index contributed by atoms with van der Waals surface area (Å²) in [4.78, 5) is 35.3. The summed E-state index contributed by atoms with van der Waals surface area (Å²) >= 11 is 7.39. The molecule has 1 aromatic heterocycles. The van der Waals surface area contributed by atoms with Gasteiger partial charge in [0.1, 0.15) is 0 Å². The second-order valence-electron chi connectivity index (χ2n) is 5.45. The van der Waals surface area contributed by atoms with Crippen LogP contribution < -0.4 is 5.32 Å². The third-order valence-electron chi connectivity index (χ3n) is 3.52. The lowest BCUT2D eigenvalue weighted by molar-refractivity contribution is -0.120. The van der Waals surface area contributed by atoms with E-state index in [4.69, 9.17) is 0 Å². The Morgan fingerprint density at radius 2 is 1.50 bits per heavy atom. The van der Waals surface area contributed by atoms with Gasteiger partial charge in [-0.15, -0.1) is 11.3 Å². The van der Waals surface area contributed by atoms with E-state index in [2.05, 4.69) is 44.1 Å². The summed E-state index contributed by atoms with van der Waals surface area (Å²) < 4.78 is 0.722. The summed E-state index contributed by atoms with van der Waals surface area (Å²) in [7, 11) is 0. The van der Waals surface area contributed by atoms with Crippen molar-refractivity contribution in [2.45, 2.75) is 58.3 Å². The summed E-state index contributed by atoms with van der Waals surface area (Å²) in [6.07, 6.45) is 7.89. The van der Waals surface area contributed by atoms with Gasteiger partial charge in [-0.25, -0.2) is 4.79 Å². The molecule has 1 heterocycles. The number of carbonyl (C=O) groups is 3. The number of nitrogens with one attached hydrogen (secondary N) is 1. The van der Waals surface area contributed by atoms with Crippen LogP contribution in [0.2, 0.25) is 0 Å². The molecule has 1 rings (SSSR count). The van der Waals surface area contributed by atoms with Crippen LogP contribution in [0.25, 0.3) is 0 Å². The Kier molecular flexibility index (Phi) is 9.76. The molecule has 0 aliphatic heterocycles. The fraction of sp³-hybridized carbons (Fsp3) is 0.562. The van der Waals surface area contributed by atoms with Gasteiger partial charge in [-0.2, -0.15) is 0 Å². The number of thiophene rings is 1. The van der Waals surface area contributed by atoms with E-state index in [0.717, 1.165) is 30.6 Å². The van der Waals surface area contributed by atoms with Crippen molar-refractivity contribution in [3.63, 3.8) is 0 Å². The van der Waals surface area contributed by atoms with Crippen molar-refractivity contribution < 1.29 is 19.5 Å². The number of carboxylic acids is 1. The molecule has 24 heavy (non-hydrogen) atoms. The molecule has 134 valence electrons. The summed E-state index contributed by atoms with van der Waals surface area (Å²) in [6.45, 7) is 2.17. The van der Waals surface area contributed by atoms with Crippen molar-refractivity contribution in [2.75, 3.05) is 0 Å². The standard InChI is InChI=1S/C16H21Br2NO4S/c1-2-3-4-5-6-7-8-9-10(20)19-15(21)11-12(16(22)23)14(18)24-13(11)17/h2-9H2,1H3,(H,22,23)(H,19,20,21). The Hall–Kier alpha value is -0.730. The number of aromatic carboxylic acids is 1. The zero-order valence-electron chi connectivity index (χ0n) is 13.5. The van der Waals surface area contributed by atoms with Crippen molar-refractivity contribution in [3.8, 4) is 0 Å². The Labute approximate surface area is 162 Å². The molecule has 0 aromatic carbocycles. The van der Waals surface area contributed by atoms with E-state index in [-0.39, 0.29) is 23.5 Å². The topological polar surface area (TPSA) is 83.5 Å². The monoisotopic (exact) mass is 481 g/mol. The van der Waals surface area contributed by atoms with Gasteiger partial charge in [0.05, 0.1) is 18.7 Å². The maximum Gasteiger partial charge on any atom is 0.338 e. The molecule has 1 aromatic rings. The number of carboxylic acid groups (broad SMARTS) is 1. The summed E-state index contributed by atoms with van der Waals surface area (Å²) in [5, 5.41) is 11.5. The number of hydrogen-bond acceptors (Lipinski definition) is 4. The number of halogens is 2. The van der Waals surface area contributed by atoms with E-state index in [1.54, 1.807) is 0 Å². The summed E-state index contributed by atoms with van der Waals surface area (Å²) in [5.41, 5.74) is -0.152. The Morgan fingerprint density at radius 1 is 0.958 bits per heavy atom. The number of amides is 2. The minimum absolute atomic E-state index is 0.0210. The van der Waals surface area contributed by atoms with Crippen LogP contribution in [0, 0.1) is 0 Å². The predicted octanol–water partition coefficient (Wildman–Crippen LogP) is 5.37. The van der Waals surface area contributed by atoms with E-state index in [0.29, 0.717) is 7.57 Å². The van der Waals surface area contributed by atoms with Crippen LogP contribution in [0.15, 0.2) is 7.57 Å². The summed E-state index contributed by atoms with van der Waals surface area (Å²) in [5.74, 6) is -2.28. The van der Waals surface area contributed by atoms with Gasteiger partial charge in [0.2, 0.25) is 5.91 Å². The van der Waals surface area contributed by atoms with E-state index >= 15 is 0 Å². The first-order chi connectivity index (χ1) is 11.4. The molecule has 0 aliphatic carbocycles. The molecule has 0 saturated heterocycles.